The summed E-state index contributed by atoms with van der Waals surface area (Å²) in [6.07, 6.45) is 0. The van der Waals surface area contributed by atoms with Crippen molar-refractivity contribution in [3.8, 4) is 0 Å². The molecule has 3 rings (SSSR count). The van der Waals surface area contributed by atoms with E-state index in [4.69, 9.17) is 0 Å². The molecule has 13 heavy (non-hydrogen) atoms. The Morgan fingerprint density at radius 2 is 1.85 bits per heavy atom. The summed E-state index contributed by atoms with van der Waals surface area (Å²) in [6, 6.07) is 10.4. The van der Waals surface area contributed by atoms with E-state index in [0.717, 1.165) is 11.0 Å². The predicted molar refractivity (Wildman–Crippen MR) is 57.1 cm³/mol. The lowest BCUT2D eigenvalue weighted by Gasteiger charge is -1.95. The molecule has 0 bridgehead atoms. The predicted octanol–water partition coefficient (Wildman–Crippen LogP) is 3.45. The average Bonchev–Trinajstić information content (AvgIpc) is 2.61. The van der Waals surface area contributed by atoms with Crippen molar-refractivity contribution in [2.24, 2.45) is 0 Å². The Morgan fingerprint density at radius 3 is 2.85 bits per heavy atom. The molecule has 62 valence electrons. The Labute approximate surface area is 79.7 Å². The van der Waals surface area contributed by atoms with Crippen LogP contribution in [0.15, 0.2) is 41.1 Å². The van der Waals surface area contributed by atoms with E-state index in [1.807, 2.05) is 18.2 Å². The zero-order valence-corrected chi connectivity index (χ0v) is 7.71. The van der Waals surface area contributed by atoms with Gasteiger partial charge in [-0.05, 0) is 12.1 Å². The van der Waals surface area contributed by atoms with Crippen LogP contribution in [0.2, 0.25) is 0 Å². The first kappa shape index (κ1) is 7.04. The third-order valence-corrected chi connectivity index (χ3v) is 2.91. The molecule has 1 aromatic carbocycles. The van der Waals surface area contributed by atoms with Crippen LogP contribution in [0.1, 0.15) is 0 Å². The van der Waals surface area contributed by atoms with Crippen LogP contribution in [0.25, 0.3) is 21.8 Å². The number of para-hydroxylation sites is 1. The van der Waals surface area contributed by atoms with Gasteiger partial charge in [0.2, 0.25) is 0 Å². The van der Waals surface area contributed by atoms with Gasteiger partial charge < -0.3 is 0 Å². The third-order valence-electron chi connectivity index (χ3n) is 2.16. The standard InChI is InChI=1S/C11H7NS/c1-2-4-10-8(3-1)5-9-6-13-7-11(9)12-10/h1-7H. The first-order chi connectivity index (χ1) is 6.43. The number of thiophene rings is 1. The van der Waals surface area contributed by atoms with Crippen LogP contribution in [0, 0.1) is 0 Å². The van der Waals surface area contributed by atoms with Gasteiger partial charge >= 0.3 is 0 Å². The largest absolute Gasteiger partial charge is 0.247 e. The highest BCUT2D eigenvalue weighted by atomic mass is 32.1. The van der Waals surface area contributed by atoms with E-state index in [9.17, 15) is 0 Å². The van der Waals surface area contributed by atoms with Gasteiger partial charge in [-0.3, -0.25) is 0 Å². The molecule has 0 amide bonds. The SMILES string of the molecule is c1ccc2nc3cscc3cc2c1. The average molecular weight is 185 g/mol. The molecule has 2 heterocycles. The van der Waals surface area contributed by atoms with Gasteiger partial charge in [-0.2, -0.15) is 0 Å². The Kier molecular flexibility index (Phi) is 1.37. The van der Waals surface area contributed by atoms with Gasteiger partial charge in [0.05, 0.1) is 11.0 Å². The maximum absolute atomic E-state index is 4.55. The molecule has 3 aromatic rings. The van der Waals surface area contributed by atoms with Gasteiger partial charge in [0, 0.05) is 21.5 Å². The molecule has 2 aromatic heterocycles. The molecular formula is C11H7NS. The molecule has 0 fully saturated rings. The van der Waals surface area contributed by atoms with Crippen LogP contribution < -0.4 is 0 Å². The summed E-state index contributed by atoms with van der Waals surface area (Å²) in [7, 11) is 0. The highest BCUT2D eigenvalue weighted by Crippen LogP contribution is 2.21. The number of fused-ring (bicyclic) bond motifs is 2. The lowest BCUT2D eigenvalue weighted by atomic mass is 10.2. The lowest BCUT2D eigenvalue weighted by molar-refractivity contribution is 1.52. The molecule has 0 radical (unpaired) electrons. The normalized spacial score (nSPS) is 11.1. The zero-order chi connectivity index (χ0) is 8.67. The third kappa shape index (κ3) is 1.03. The molecular weight excluding hydrogens is 178 g/mol. The van der Waals surface area contributed by atoms with Crippen molar-refractivity contribution in [3.05, 3.63) is 41.1 Å². The second-order valence-corrected chi connectivity index (χ2v) is 3.77. The Balaban J connectivity index is 2.57. The maximum atomic E-state index is 4.55. The summed E-state index contributed by atoms with van der Waals surface area (Å²) >= 11 is 1.70. The lowest BCUT2D eigenvalue weighted by Crippen LogP contribution is -1.77. The van der Waals surface area contributed by atoms with Crippen LogP contribution in [-0.2, 0) is 0 Å². The number of hydrogen-bond donors (Lipinski definition) is 0. The molecule has 0 saturated heterocycles. The van der Waals surface area contributed by atoms with Gasteiger partial charge in [-0.1, -0.05) is 18.2 Å². The molecule has 0 aliphatic heterocycles. The Hall–Kier alpha value is -1.41. The van der Waals surface area contributed by atoms with Crippen LogP contribution in [0.4, 0.5) is 0 Å². The van der Waals surface area contributed by atoms with Gasteiger partial charge in [0.15, 0.2) is 0 Å². The van der Waals surface area contributed by atoms with Crippen molar-refractivity contribution in [3.63, 3.8) is 0 Å². The van der Waals surface area contributed by atoms with Gasteiger partial charge in [0.1, 0.15) is 0 Å². The van der Waals surface area contributed by atoms with Crippen LogP contribution in [-0.4, -0.2) is 4.98 Å². The molecule has 0 atom stereocenters. The fraction of sp³-hybridized carbons (Fsp3) is 0. The molecule has 2 heteroatoms. The van der Waals surface area contributed by atoms with E-state index in [2.05, 4.69) is 27.9 Å². The highest BCUT2D eigenvalue weighted by Gasteiger charge is 1.98. The first-order valence-corrected chi connectivity index (χ1v) is 5.09. The quantitative estimate of drug-likeness (QED) is 0.522. The molecule has 0 spiro atoms. The van der Waals surface area contributed by atoms with Crippen molar-refractivity contribution >= 4 is 33.1 Å². The van der Waals surface area contributed by atoms with E-state index in [1.54, 1.807) is 11.3 Å². The van der Waals surface area contributed by atoms with E-state index in [1.165, 1.54) is 10.8 Å². The first-order valence-electron chi connectivity index (χ1n) is 4.15. The number of pyridine rings is 1. The minimum Gasteiger partial charge on any atom is -0.247 e. The monoisotopic (exact) mass is 185 g/mol. The summed E-state index contributed by atoms with van der Waals surface area (Å²) in [5.41, 5.74) is 2.18. The molecule has 0 N–H and O–H groups in total. The Morgan fingerprint density at radius 1 is 0.923 bits per heavy atom. The second-order valence-electron chi connectivity index (χ2n) is 3.03. The van der Waals surface area contributed by atoms with Crippen molar-refractivity contribution in [1.29, 1.82) is 0 Å². The minimum atomic E-state index is 1.08. The minimum absolute atomic E-state index is 1.08. The number of aromatic nitrogens is 1. The van der Waals surface area contributed by atoms with E-state index < -0.39 is 0 Å². The van der Waals surface area contributed by atoms with Crippen molar-refractivity contribution < 1.29 is 0 Å². The molecule has 1 nitrogen and oxygen atoms in total. The van der Waals surface area contributed by atoms with Gasteiger partial charge in [0.25, 0.3) is 0 Å². The highest BCUT2D eigenvalue weighted by molar-refractivity contribution is 7.09. The summed E-state index contributed by atoms with van der Waals surface area (Å²) in [5.74, 6) is 0. The number of hydrogen-bond acceptors (Lipinski definition) is 2. The summed E-state index contributed by atoms with van der Waals surface area (Å²) in [5, 5.41) is 6.67. The zero-order valence-electron chi connectivity index (χ0n) is 6.90. The number of benzene rings is 1. The van der Waals surface area contributed by atoms with E-state index in [0.29, 0.717) is 0 Å². The van der Waals surface area contributed by atoms with E-state index >= 15 is 0 Å². The number of nitrogens with zero attached hydrogens (tertiary/aromatic N) is 1. The molecule has 0 aliphatic carbocycles. The van der Waals surface area contributed by atoms with Gasteiger partial charge in [-0.15, -0.1) is 11.3 Å². The number of rotatable bonds is 0. The van der Waals surface area contributed by atoms with Gasteiger partial charge in [-0.25, -0.2) is 4.98 Å². The maximum Gasteiger partial charge on any atom is 0.0816 e. The summed E-state index contributed by atoms with van der Waals surface area (Å²) in [4.78, 5) is 4.55. The molecule has 0 aliphatic rings. The van der Waals surface area contributed by atoms with Crippen LogP contribution in [0.3, 0.4) is 0 Å². The topological polar surface area (TPSA) is 12.9 Å². The van der Waals surface area contributed by atoms with Crippen molar-refractivity contribution in [2.75, 3.05) is 0 Å². The molecule has 0 saturated carbocycles. The van der Waals surface area contributed by atoms with E-state index in [-0.39, 0.29) is 0 Å². The van der Waals surface area contributed by atoms with Crippen molar-refractivity contribution in [2.45, 2.75) is 0 Å². The van der Waals surface area contributed by atoms with Crippen LogP contribution >= 0.6 is 11.3 Å². The second kappa shape index (κ2) is 2.54. The molecule has 0 unspecified atom stereocenters. The summed E-state index contributed by atoms with van der Waals surface area (Å²) in [6.45, 7) is 0. The summed E-state index contributed by atoms with van der Waals surface area (Å²) < 4.78 is 0. The smallest absolute Gasteiger partial charge is 0.0816 e. The fourth-order valence-corrected chi connectivity index (χ4v) is 2.23. The fourth-order valence-electron chi connectivity index (χ4n) is 1.51. The Bertz CT molecular complexity index is 519. The van der Waals surface area contributed by atoms with Crippen molar-refractivity contribution in [1.82, 2.24) is 4.98 Å². The van der Waals surface area contributed by atoms with Crippen LogP contribution in [0.5, 0.6) is 0 Å².